The summed E-state index contributed by atoms with van der Waals surface area (Å²) >= 11 is 0. The van der Waals surface area contributed by atoms with Gasteiger partial charge >= 0.3 is 0 Å². The molecule has 0 saturated heterocycles. The molecule has 292 valence electrons. The molecule has 0 radical (unpaired) electrons. The number of fused-ring (bicyclic) bond motifs is 3. The van der Waals surface area contributed by atoms with Gasteiger partial charge in [0, 0.05) is 38.9 Å². The van der Waals surface area contributed by atoms with Crippen molar-refractivity contribution in [3.05, 3.63) is 253 Å². The van der Waals surface area contributed by atoms with Crippen molar-refractivity contribution in [1.29, 1.82) is 0 Å². The molecule has 0 atom stereocenters. The standard InChI is InChI=1S/C58H39N3O/c1-5-16-40(17-6-1)42-28-34-45(35-29-42)55-59-56(46-36-30-43(31-37-46)41-18-7-2-8-19-41)61-57(60-55)47-38-32-44(33-39-47)50-25-15-27-53-54(50)51-24-13-14-26-52(51)58(62-53,48-20-9-3-10-21-48)49-22-11-4-12-23-49/h1-39H. The minimum absolute atomic E-state index is 0.607. The second-order valence-corrected chi connectivity index (χ2v) is 15.5. The predicted octanol–water partition coefficient (Wildman–Crippen LogP) is 14.2. The Bertz CT molecular complexity index is 3010. The zero-order valence-corrected chi connectivity index (χ0v) is 33.8. The molecule has 4 nitrogen and oxygen atoms in total. The summed E-state index contributed by atoms with van der Waals surface area (Å²) in [4.78, 5) is 15.3. The molecule has 4 heteroatoms. The molecule has 11 rings (SSSR count). The molecule has 0 amide bonds. The third-order valence-corrected chi connectivity index (χ3v) is 11.8. The van der Waals surface area contributed by atoms with Crippen LogP contribution in [0.15, 0.2) is 237 Å². The molecule has 9 aromatic carbocycles. The van der Waals surface area contributed by atoms with E-state index in [2.05, 4.69) is 224 Å². The molecule has 0 fully saturated rings. The summed E-state index contributed by atoms with van der Waals surface area (Å²) in [6.45, 7) is 0. The molecule has 0 N–H and O–H groups in total. The summed E-state index contributed by atoms with van der Waals surface area (Å²) in [6.07, 6.45) is 0. The maximum absolute atomic E-state index is 7.32. The van der Waals surface area contributed by atoms with E-state index < -0.39 is 5.60 Å². The molecule has 0 aliphatic carbocycles. The molecule has 0 bridgehead atoms. The number of nitrogens with zero attached hydrogens (tertiary/aromatic N) is 3. The van der Waals surface area contributed by atoms with E-state index in [1.54, 1.807) is 0 Å². The zero-order chi connectivity index (χ0) is 41.3. The van der Waals surface area contributed by atoms with Gasteiger partial charge in [-0.25, -0.2) is 15.0 Å². The van der Waals surface area contributed by atoms with Crippen molar-refractivity contribution in [2.45, 2.75) is 5.60 Å². The number of ether oxygens (including phenoxy) is 1. The predicted molar refractivity (Wildman–Crippen MR) is 251 cm³/mol. The molecule has 10 aromatic rings. The Hall–Kier alpha value is -8.21. The lowest BCUT2D eigenvalue weighted by Gasteiger charge is -2.42. The Morgan fingerprint density at radius 1 is 0.274 bits per heavy atom. The van der Waals surface area contributed by atoms with Gasteiger partial charge in [-0.2, -0.15) is 0 Å². The first kappa shape index (κ1) is 36.8. The fraction of sp³-hybridized carbons (Fsp3) is 0.0172. The monoisotopic (exact) mass is 793 g/mol. The van der Waals surface area contributed by atoms with E-state index in [9.17, 15) is 0 Å². The Labute approximate surface area is 361 Å². The molecule has 1 aliphatic rings. The summed E-state index contributed by atoms with van der Waals surface area (Å²) in [5, 5.41) is 0. The van der Waals surface area contributed by atoms with Gasteiger partial charge in [-0.05, 0) is 45.0 Å². The van der Waals surface area contributed by atoms with Gasteiger partial charge < -0.3 is 4.74 Å². The second-order valence-electron chi connectivity index (χ2n) is 15.5. The highest BCUT2D eigenvalue weighted by Gasteiger charge is 2.44. The van der Waals surface area contributed by atoms with Crippen molar-refractivity contribution in [3.63, 3.8) is 0 Å². The van der Waals surface area contributed by atoms with Gasteiger partial charge in [-0.3, -0.25) is 0 Å². The molecule has 62 heavy (non-hydrogen) atoms. The van der Waals surface area contributed by atoms with Crippen LogP contribution in [0.1, 0.15) is 16.7 Å². The van der Waals surface area contributed by atoms with Crippen LogP contribution in [0.5, 0.6) is 5.75 Å². The van der Waals surface area contributed by atoms with Crippen LogP contribution in [0.4, 0.5) is 0 Å². The molecular weight excluding hydrogens is 755 g/mol. The second kappa shape index (κ2) is 15.8. The minimum atomic E-state index is -0.827. The highest BCUT2D eigenvalue weighted by Crippen LogP contribution is 2.54. The van der Waals surface area contributed by atoms with E-state index in [0.29, 0.717) is 17.5 Å². The Morgan fingerprint density at radius 3 is 1.10 bits per heavy atom. The van der Waals surface area contributed by atoms with E-state index in [4.69, 9.17) is 19.7 Å². The number of aromatic nitrogens is 3. The first-order valence-corrected chi connectivity index (χ1v) is 20.9. The third kappa shape index (κ3) is 6.65. The Balaban J connectivity index is 0.992. The maximum Gasteiger partial charge on any atom is 0.185 e. The van der Waals surface area contributed by atoms with Gasteiger partial charge in [-0.15, -0.1) is 0 Å². The molecule has 0 spiro atoms. The molecule has 1 aliphatic heterocycles. The Morgan fingerprint density at radius 2 is 0.629 bits per heavy atom. The van der Waals surface area contributed by atoms with Crippen molar-refractivity contribution in [1.82, 2.24) is 15.0 Å². The SMILES string of the molecule is c1ccc(-c2ccc(-c3nc(-c4ccc(-c5ccccc5)cc4)nc(-c4ccc(-c5cccc6c5-c5ccccc5C(c5ccccc5)(c5ccccc5)O6)cc4)n3)cc2)cc1. The van der Waals surface area contributed by atoms with Gasteiger partial charge in [0.2, 0.25) is 0 Å². The number of rotatable bonds is 8. The average molecular weight is 794 g/mol. The summed E-state index contributed by atoms with van der Waals surface area (Å²) in [6, 6.07) is 82.4. The fourth-order valence-electron chi connectivity index (χ4n) is 8.75. The summed E-state index contributed by atoms with van der Waals surface area (Å²) < 4.78 is 7.32. The van der Waals surface area contributed by atoms with E-state index in [0.717, 1.165) is 83.6 Å². The largest absolute Gasteiger partial charge is 0.472 e. The van der Waals surface area contributed by atoms with Crippen molar-refractivity contribution in [2.75, 3.05) is 0 Å². The number of benzene rings is 9. The average Bonchev–Trinajstić information content (AvgIpc) is 3.37. The topological polar surface area (TPSA) is 47.9 Å². The van der Waals surface area contributed by atoms with Crippen LogP contribution >= 0.6 is 0 Å². The smallest absolute Gasteiger partial charge is 0.185 e. The molecular formula is C58H39N3O. The van der Waals surface area contributed by atoms with E-state index in [1.807, 2.05) is 12.1 Å². The van der Waals surface area contributed by atoms with Gasteiger partial charge in [0.05, 0.1) is 0 Å². The van der Waals surface area contributed by atoms with Crippen LogP contribution < -0.4 is 4.74 Å². The summed E-state index contributed by atoms with van der Waals surface area (Å²) in [7, 11) is 0. The van der Waals surface area contributed by atoms with Crippen molar-refractivity contribution < 1.29 is 4.74 Å². The highest BCUT2D eigenvalue weighted by atomic mass is 16.5. The lowest BCUT2D eigenvalue weighted by molar-refractivity contribution is 0.152. The Kier molecular flexibility index (Phi) is 9.36. The number of hydrogen-bond donors (Lipinski definition) is 0. The number of hydrogen-bond acceptors (Lipinski definition) is 4. The zero-order valence-electron chi connectivity index (χ0n) is 33.8. The van der Waals surface area contributed by atoms with Gasteiger partial charge in [-0.1, -0.05) is 231 Å². The quantitative estimate of drug-likeness (QED) is 0.154. The van der Waals surface area contributed by atoms with E-state index in [-0.39, 0.29) is 0 Å². The van der Waals surface area contributed by atoms with Crippen LogP contribution in [0.2, 0.25) is 0 Å². The molecule has 0 saturated carbocycles. The molecule has 2 heterocycles. The van der Waals surface area contributed by atoms with Crippen LogP contribution in [0.25, 0.3) is 78.7 Å². The van der Waals surface area contributed by atoms with E-state index in [1.165, 1.54) is 0 Å². The van der Waals surface area contributed by atoms with Crippen LogP contribution in [0.3, 0.4) is 0 Å². The van der Waals surface area contributed by atoms with Gasteiger partial charge in [0.1, 0.15) is 5.75 Å². The van der Waals surface area contributed by atoms with Crippen molar-refractivity contribution in [2.24, 2.45) is 0 Å². The van der Waals surface area contributed by atoms with Crippen LogP contribution in [-0.4, -0.2) is 15.0 Å². The normalized spacial score (nSPS) is 12.5. The van der Waals surface area contributed by atoms with Crippen molar-refractivity contribution in [3.8, 4) is 84.4 Å². The van der Waals surface area contributed by atoms with Crippen LogP contribution in [-0.2, 0) is 5.60 Å². The summed E-state index contributed by atoms with van der Waals surface area (Å²) in [5.41, 5.74) is 14.1. The first-order chi connectivity index (χ1) is 30.7. The van der Waals surface area contributed by atoms with Crippen molar-refractivity contribution >= 4 is 0 Å². The minimum Gasteiger partial charge on any atom is -0.472 e. The molecule has 1 aromatic heterocycles. The first-order valence-electron chi connectivity index (χ1n) is 20.9. The van der Waals surface area contributed by atoms with E-state index >= 15 is 0 Å². The summed E-state index contributed by atoms with van der Waals surface area (Å²) in [5.74, 6) is 2.68. The highest BCUT2D eigenvalue weighted by molar-refractivity contribution is 5.92. The van der Waals surface area contributed by atoms with Gasteiger partial charge in [0.15, 0.2) is 23.1 Å². The lowest BCUT2D eigenvalue weighted by atomic mass is 9.74. The lowest BCUT2D eigenvalue weighted by Crippen LogP contribution is -2.38. The van der Waals surface area contributed by atoms with Gasteiger partial charge in [0.25, 0.3) is 0 Å². The fourth-order valence-corrected chi connectivity index (χ4v) is 8.75. The molecule has 0 unspecified atom stereocenters. The van der Waals surface area contributed by atoms with Crippen LogP contribution in [0, 0.1) is 0 Å². The maximum atomic E-state index is 7.32. The third-order valence-electron chi connectivity index (χ3n) is 11.8.